The Labute approximate surface area is 303 Å². The summed E-state index contributed by atoms with van der Waals surface area (Å²) in [5.41, 5.74) is 0.645. The summed E-state index contributed by atoms with van der Waals surface area (Å²) in [4.78, 5) is 25.8. The molecule has 2 aromatic heterocycles. The van der Waals surface area contributed by atoms with Crippen LogP contribution in [0.3, 0.4) is 0 Å². The molecule has 13 nitrogen and oxygen atoms in total. The molecule has 3 N–H and O–H groups in total. The minimum atomic E-state index is -2.51. The Kier molecular flexibility index (Phi) is 9.88. The van der Waals surface area contributed by atoms with Crippen molar-refractivity contribution in [3.8, 4) is 11.5 Å². The van der Waals surface area contributed by atoms with Crippen LogP contribution >= 0.6 is 0 Å². The second kappa shape index (κ2) is 14.7. The molecule has 1 unspecified atom stereocenters. The number of aliphatic hydroxyl groups is 2. The smallest absolute Gasteiger partial charge is 0.256 e. The number of halogens is 1. The predicted octanol–water partition coefficient (Wildman–Crippen LogP) is 4.99. The molecule has 0 aliphatic carbocycles. The Morgan fingerprint density at radius 2 is 1.42 bits per heavy atom. The molecule has 53 heavy (non-hydrogen) atoms. The van der Waals surface area contributed by atoms with Crippen LogP contribution in [0, 0.1) is 0 Å². The van der Waals surface area contributed by atoms with E-state index in [2.05, 4.69) is 20.3 Å². The highest BCUT2D eigenvalue weighted by molar-refractivity contribution is 6.06. The molecule has 1 amide bonds. The number of carbonyl (C=O) groups excluding carboxylic acids is 1. The van der Waals surface area contributed by atoms with Crippen LogP contribution in [0.25, 0.3) is 11.2 Å². The number of imidazole rings is 1. The number of anilines is 1. The summed E-state index contributed by atoms with van der Waals surface area (Å²) in [5, 5.41) is 26.1. The van der Waals surface area contributed by atoms with Crippen molar-refractivity contribution < 1.29 is 43.1 Å². The third-order valence-corrected chi connectivity index (χ3v) is 9.30. The summed E-state index contributed by atoms with van der Waals surface area (Å²) in [5.74, 6) is -1.72. The summed E-state index contributed by atoms with van der Waals surface area (Å²) in [6.45, 7) is 0. The van der Waals surface area contributed by atoms with Crippen LogP contribution < -0.4 is 14.8 Å². The van der Waals surface area contributed by atoms with Gasteiger partial charge >= 0.3 is 0 Å². The Hall–Kier alpha value is -5.77. The number of aromatic nitrogens is 4. The van der Waals surface area contributed by atoms with Gasteiger partial charge in [-0.3, -0.25) is 9.36 Å². The average molecular weight is 722 g/mol. The van der Waals surface area contributed by atoms with Crippen molar-refractivity contribution in [1.82, 2.24) is 19.5 Å². The normalized spacial score (nSPS) is 20.6. The van der Waals surface area contributed by atoms with Gasteiger partial charge in [-0.1, -0.05) is 72.8 Å². The van der Waals surface area contributed by atoms with Gasteiger partial charge in [0.1, 0.15) is 35.6 Å². The van der Waals surface area contributed by atoms with Gasteiger partial charge in [-0.05, 0) is 53.1 Å². The number of alkyl halides is 1. The lowest BCUT2D eigenvalue weighted by Gasteiger charge is -2.38. The van der Waals surface area contributed by atoms with Crippen LogP contribution in [-0.2, 0) is 19.8 Å². The van der Waals surface area contributed by atoms with Gasteiger partial charge in [-0.15, -0.1) is 0 Å². The second-order valence-corrected chi connectivity index (χ2v) is 12.2. The summed E-state index contributed by atoms with van der Waals surface area (Å²) < 4.78 is 47.3. The molecule has 1 saturated heterocycles. The molecule has 0 saturated carbocycles. The van der Waals surface area contributed by atoms with Gasteiger partial charge in [0.15, 0.2) is 23.2 Å². The zero-order chi connectivity index (χ0) is 37.2. The van der Waals surface area contributed by atoms with Gasteiger partial charge in [-0.2, -0.15) is 0 Å². The van der Waals surface area contributed by atoms with E-state index in [1.807, 2.05) is 6.07 Å². The van der Waals surface area contributed by atoms with E-state index in [0.717, 1.165) is 7.11 Å². The zero-order valence-electron chi connectivity index (χ0n) is 28.9. The summed E-state index contributed by atoms with van der Waals surface area (Å²) in [7, 11) is 4.24. The monoisotopic (exact) mass is 721 g/mol. The maximum Gasteiger partial charge on any atom is 0.256 e. The maximum atomic E-state index is 17.2. The number of hydrogen-bond donors (Lipinski definition) is 3. The molecule has 5 atom stereocenters. The lowest BCUT2D eigenvalue weighted by atomic mass is 9.80. The molecule has 7 rings (SSSR count). The summed E-state index contributed by atoms with van der Waals surface area (Å²) >= 11 is 0. The molecule has 1 aliphatic rings. The van der Waals surface area contributed by atoms with E-state index in [1.165, 1.54) is 17.2 Å². The van der Waals surface area contributed by atoms with Gasteiger partial charge in [0.25, 0.3) is 5.91 Å². The number of amides is 1. The van der Waals surface area contributed by atoms with E-state index in [-0.39, 0.29) is 17.0 Å². The lowest BCUT2D eigenvalue weighted by molar-refractivity contribution is -0.264. The number of aliphatic hydroxyl groups excluding tert-OH is 1. The Morgan fingerprint density at radius 1 is 0.849 bits per heavy atom. The van der Waals surface area contributed by atoms with Crippen molar-refractivity contribution in [3.63, 3.8) is 0 Å². The quantitative estimate of drug-likeness (QED) is 0.115. The Morgan fingerprint density at radius 3 is 1.98 bits per heavy atom. The molecule has 1 aliphatic heterocycles. The van der Waals surface area contributed by atoms with E-state index >= 15 is 4.39 Å². The number of carbonyl (C=O) groups is 1. The van der Waals surface area contributed by atoms with Gasteiger partial charge in [0, 0.05) is 12.7 Å². The number of benzene rings is 4. The number of nitrogens with one attached hydrogen (secondary N) is 1. The minimum Gasteiger partial charge on any atom is -0.497 e. The molecule has 6 aromatic rings. The fraction of sp³-hybridized carbons (Fsp3) is 0.231. The molecule has 4 aromatic carbocycles. The highest BCUT2D eigenvalue weighted by Gasteiger charge is 2.61. The summed E-state index contributed by atoms with van der Waals surface area (Å²) in [6, 6.07) is 31.5. The van der Waals surface area contributed by atoms with Crippen LogP contribution in [0.2, 0.25) is 0 Å². The molecule has 1 fully saturated rings. The molecular formula is C39H36FN5O8. The molecule has 0 radical (unpaired) electrons. The van der Waals surface area contributed by atoms with Crippen molar-refractivity contribution in [1.29, 1.82) is 0 Å². The SMILES string of the molecule is COc1ccc(C(OC(F)[C@H]2O[C@@H](n3cnc4c(NC(=O)c5ccccc5)ncnc43)[C@@](O)(OC)[C@@H]2O)(c2ccccc2)c2ccc(OC)cc2)cc1. The van der Waals surface area contributed by atoms with Crippen LogP contribution in [0.5, 0.6) is 11.5 Å². The van der Waals surface area contributed by atoms with E-state index in [0.29, 0.717) is 33.8 Å². The van der Waals surface area contributed by atoms with Crippen LogP contribution in [-0.4, -0.2) is 81.3 Å². The molecular weight excluding hydrogens is 685 g/mol. The van der Waals surface area contributed by atoms with Crippen LogP contribution in [0.4, 0.5) is 10.2 Å². The van der Waals surface area contributed by atoms with Crippen molar-refractivity contribution in [2.45, 2.75) is 36.2 Å². The van der Waals surface area contributed by atoms with Gasteiger partial charge in [-0.25, -0.2) is 19.3 Å². The molecule has 14 heteroatoms. The molecule has 0 spiro atoms. The molecule has 3 heterocycles. The predicted molar refractivity (Wildman–Crippen MR) is 190 cm³/mol. The third kappa shape index (κ3) is 6.36. The standard InChI is InChI=1S/C39H36FN5O8/c1-49-28-18-14-26(15-19-28)38(25-12-8-5-9-13-25,27-16-20-29(50-2)21-17-27)53-33(40)31-32(46)39(48,51-3)37(52-31)45-23-43-30-34(41-22-42-35(30)45)44-36(47)24-10-6-4-7-11-24/h4-23,31-33,37,46,48H,1-3H3,(H,41,42,44,47)/t31-,32+,33?,37+,39-/m0/s1. The summed E-state index contributed by atoms with van der Waals surface area (Å²) in [6.07, 6.45) is -5.30. The number of fused-ring (bicyclic) bond motifs is 1. The number of nitrogens with zero attached hydrogens (tertiary/aromatic N) is 4. The van der Waals surface area contributed by atoms with Crippen molar-refractivity contribution in [3.05, 3.63) is 144 Å². The topological polar surface area (TPSA) is 159 Å². The first-order chi connectivity index (χ1) is 25.7. The second-order valence-electron chi connectivity index (χ2n) is 12.2. The first kappa shape index (κ1) is 35.6. The van der Waals surface area contributed by atoms with E-state index in [1.54, 1.807) is 117 Å². The lowest BCUT2D eigenvalue weighted by Crippen LogP contribution is -2.50. The highest BCUT2D eigenvalue weighted by atomic mass is 19.1. The molecule has 0 bridgehead atoms. The first-order valence-corrected chi connectivity index (χ1v) is 16.5. The number of ether oxygens (including phenoxy) is 5. The fourth-order valence-corrected chi connectivity index (χ4v) is 6.54. The van der Waals surface area contributed by atoms with Crippen LogP contribution in [0.1, 0.15) is 33.3 Å². The van der Waals surface area contributed by atoms with Crippen molar-refractivity contribution in [2.75, 3.05) is 26.6 Å². The average Bonchev–Trinajstić information content (AvgIpc) is 3.76. The number of hydrogen-bond acceptors (Lipinski definition) is 11. The highest BCUT2D eigenvalue weighted by Crippen LogP contribution is 2.47. The van der Waals surface area contributed by atoms with Gasteiger partial charge in [0.2, 0.25) is 12.1 Å². The van der Waals surface area contributed by atoms with Crippen LogP contribution in [0.15, 0.2) is 122 Å². The fourth-order valence-electron chi connectivity index (χ4n) is 6.54. The Bertz CT molecular complexity index is 2120. The zero-order valence-corrected chi connectivity index (χ0v) is 28.9. The number of rotatable bonds is 12. The van der Waals surface area contributed by atoms with E-state index in [9.17, 15) is 15.0 Å². The molecule has 272 valence electrons. The number of methoxy groups -OCH3 is 3. The third-order valence-electron chi connectivity index (χ3n) is 9.30. The van der Waals surface area contributed by atoms with E-state index < -0.39 is 42.1 Å². The first-order valence-electron chi connectivity index (χ1n) is 16.5. The van der Waals surface area contributed by atoms with E-state index in [4.69, 9.17) is 23.7 Å². The minimum absolute atomic E-state index is 0.0805. The Balaban J connectivity index is 1.27. The van der Waals surface area contributed by atoms with Gasteiger partial charge in [0.05, 0.1) is 20.5 Å². The van der Waals surface area contributed by atoms with Crippen molar-refractivity contribution in [2.24, 2.45) is 0 Å². The van der Waals surface area contributed by atoms with Gasteiger partial charge < -0.3 is 39.2 Å². The largest absolute Gasteiger partial charge is 0.497 e. The maximum absolute atomic E-state index is 17.2. The van der Waals surface area contributed by atoms with Crippen molar-refractivity contribution >= 4 is 22.9 Å².